The van der Waals surface area contributed by atoms with Crippen LogP contribution in [0.4, 0.5) is 5.82 Å². The van der Waals surface area contributed by atoms with Gasteiger partial charge < -0.3 is 9.80 Å². The summed E-state index contributed by atoms with van der Waals surface area (Å²) in [5.74, 6) is 0.985. The van der Waals surface area contributed by atoms with Crippen LogP contribution in [-0.4, -0.2) is 51.8 Å². The van der Waals surface area contributed by atoms with E-state index in [0.29, 0.717) is 13.1 Å². The molecule has 7 heteroatoms. The number of benzene rings is 1. The summed E-state index contributed by atoms with van der Waals surface area (Å²) in [5, 5.41) is 6.83. The Balaban J connectivity index is 1.32. The van der Waals surface area contributed by atoms with Crippen LogP contribution in [0.2, 0.25) is 0 Å². The van der Waals surface area contributed by atoms with Gasteiger partial charge in [0.15, 0.2) is 0 Å². The number of carbonyl (C=O) groups excluding carboxylic acids is 1. The number of para-hydroxylation sites is 1. The van der Waals surface area contributed by atoms with E-state index in [0.717, 1.165) is 40.7 Å². The summed E-state index contributed by atoms with van der Waals surface area (Å²) in [6.07, 6.45) is 7.33. The van der Waals surface area contributed by atoms with Gasteiger partial charge in [0.2, 0.25) is 5.91 Å². The van der Waals surface area contributed by atoms with Gasteiger partial charge in [0, 0.05) is 50.2 Å². The minimum atomic E-state index is 0.0234. The average molecular weight is 442 g/mol. The molecule has 0 atom stereocenters. The minimum absolute atomic E-state index is 0.0234. The zero-order chi connectivity index (χ0) is 21.8. The first kappa shape index (κ1) is 20.2. The van der Waals surface area contributed by atoms with Crippen LogP contribution in [0.15, 0.2) is 84.5 Å². The van der Waals surface area contributed by atoms with Crippen LogP contribution in [0, 0.1) is 0 Å². The number of thiophene rings is 1. The van der Waals surface area contributed by atoms with Crippen molar-refractivity contribution in [2.75, 3.05) is 31.1 Å². The molecular formula is C25H23N5OS. The summed E-state index contributed by atoms with van der Waals surface area (Å²) < 4.78 is 1.87. The summed E-state index contributed by atoms with van der Waals surface area (Å²) in [6, 6.07) is 20.0. The van der Waals surface area contributed by atoms with Gasteiger partial charge in [0.25, 0.3) is 0 Å². The van der Waals surface area contributed by atoms with E-state index >= 15 is 0 Å². The summed E-state index contributed by atoms with van der Waals surface area (Å²) in [6.45, 7) is 2.92. The van der Waals surface area contributed by atoms with Crippen molar-refractivity contribution in [3.63, 3.8) is 0 Å². The topological polar surface area (TPSA) is 54.3 Å². The summed E-state index contributed by atoms with van der Waals surface area (Å²) in [7, 11) is 0. The van der Waals surface area contributed by atoms with Crippen molar-refractivity contribution in [2.24, 2.45) is 0 Å². The molecule has 4 heterocycles. The number of rotatable bonds is 5. The highest BCUT2D eigenvalue weighted by Gasteiger charge is 2.20. The molecule has 1 fully saturated rings. The number of hydrogen-bond donors (Lipinski definition) is 0. The van der Waals surface area contributed by atoms with Crippen molar-refractivity contribution >= 4 is 29.1 Å². The van der Waals surface area contributed by atoms with Gasteiger partial charge in [0.1, 0.15) is 11.5 Å². The molecule has 1 saturated heterocycles. The van der Waals surface area contributed by atoms with E-state index in [-0.39, 0.29) is 5.91 Å². The SMILES string of the molecule is O=C(/C=C/c1cn(-c2ccccc2)nc1-c1cccs1)N1CCN(c2ccccn2)CC1. The monoisotopic (exact) mass is 441 g/mol. The summed E-state index contributed by atoms with van der Waals surface area (Å²) >= 11 is 1.64. The van der Waals surface area contributed by atoms with Crippen molar-refractivity contribution in [2.45, 2.75) is 0 Å². The Labute approximate surface area is 191 Å². The van der Waals surface area contributed by atoms with Gasteiger partial charge in [-0.05, 0) is 41.8 Å². The zero-order valence-electron chi connectivity index (χ0n) is 17.5. The number of pyridine rings is 1. The highest BCUT2D eigenvalue weighted by Crippen LogP contribution is 2.28. The van der Waals surface area contributed by atoms with Gasteiger partial charge in [-0.25, -0.2) is 9.67 Å². The normalized spacial score (nSPS) is 14.2. The molecule has 0 aliphatic carbocycles. The molecule has 4 aromatic rings. The van der Waals surface area contributed by atoms with Crippen LogP contribution in [0.1, 0.15) is 5.56 Å². The molecule has 6 nitrogen and oxygen atoms in total. The van der Waals surface area contributed by atoms with Gasteiger partial charge in [-0.2, -0.15) is 5.10 Å². The summed E-state index contributed by atoms with van der Waals surface area (Å²) in [5.41, 5.74) is 2.80. The third-order valence-electron chi connectivity index (χ3n) is 5.49. The van der Waals surface area contributed by atoms with E-state index in [4.69, 9.17) is 5.10 Å². The number of aromatic nitrogens is 3. The van der Waals surface area contributed by atoms with Crippen LogP contribution in [-0.2, 0) is 4.79 Å². The predicted octanol–water partition coefficient (Wildman–Crippen LogP) is 4.36. The van der Waals surface area contributed by atoms with Crippen LogP contribution in [0.5, 0.6) is 0 Å². The first-order chi connectivity index (χ1) is 15.8. The number of hydrogen-bond acceptors (Lipinski definition) is 5. The highest BCUT2D eigenvalue weighted by molar-refractivity contribution is 7.13. The first-order valence-electron chi connectivity index (χ1n) is 10.6. The molecule has 0 saturated carbocycles. The lowest BCUT2D eigenvalue weighted by Gasteiger charge is -2.34. The molecule has 1 aliphatic heterocycles. The second kappa shape index (κ2) is 9.20. The van der Waals surface area contributed by atoms with E-state index in [9.17, 15) is 4.79 Å². The minimum Gasteiger partial charge on any atom is -0.353 e. The van der Waals surface area contributed by atoms with Crippen LogP contribution in [0.25, 0.3) is 22.3 Å². The van der Waals surface area contributed by atoms with Crippen molar-refractivity contribution in [3.8, 4) is 16.3 Å². The number of anilines is 1. The molecule has 160 valence electrons. The Kier molecular flexibility index (Phi) is 5.81. The molecule has 0 unspecified atom stereocenters. The van der Waals surface area contributed by atoms with Crippen molar-refractivity contribution in [1.29, 1.82) is 0 Å². The van der Waals surface area contributed by atoms with E-state index in [2.05, 4.69) is 16.0 Å². The van der Waals surface area contributed by atoms with E-state index in [1.54, 1.807) is 23.6 Å². The van der Waals surface area contributed by atoms with Gasteiger partial charge >= 0.3 is 0 Å². The lowest BCUT2D eigenvalue weighted by Crippen LogP contribution is -2.48. The van der Waals surface area contributed by atoms with Gasteiger partial charge in [-0.3, -0.25) is 4.79 Å². The predicted molar refractivity (Wildman–Crippen MR) is 129 cm³/mol. The number of nitrogens with zero attached hydrogens (tertiary/aromatic N) is 5. The molecule has 3 aromatic heterocycles. The first-order valence-corrected chi connectivity index (χ1v) is 11.5. The van der Waals surface area contributed by atoms with Crippen molar-refractivity contribution in [3.05, 3.63) is 90.1 Å². The standard InChI is InChI=1S/C25H23N5OS/c31-24(29-16-14-28(15-17-29)23-10-4-5-13-26-23)12-11-20-19-30(21-7-2-1-3-8-21)27-25(20)22-9-6-18-32-22/h1-13,18-19H,14-17H2/b12-11+. The maximum atomic E-state index is 12.9. The van der Waals surface area contributed by atoms with E-state index in [1.807, 2.05) is 81.8 Å². The van der Waals surface area contributed by atoms with E-state index in [1.165, 1.54) is 0 Å². The average Bonchev–Trinajstić information content (AvgIpc) is 3.54. The third-order valence-corrected chi connectivity index (χ3v) is 6.36. The quantitative estimate of drug-likeness (QED) is 0.432. The van der Waals surface area contributed by atoms with Crippen molar-refractivity contribution < 1.29 is 4.79 Å². The molecular weight excluding hydrogens is 418 g/mol. The molecule has 32 heavy (non-hydrogen) atoms. The van der Waals surface area contributed by atoms with E-state index < -0.39 is 0 Å². The maximum absolute atomic E-state index is 12.9. The van der Waals surface area contributed by atoms with Crippen LogP contribution >= 0.6 is 11.3 Å². The Hall–Kier alpha value is -3.71. The molecule has 1 aromatic carbocycles. The van der Waals surface area contributed by atoms with Crippen LogP contribution in [0.3, 0.4) is 0 Å². The fourth-order valence-electron chi connectivity index (χ4n) is 3.79. The van der Waals surface area contributed by atoms with Gasteiger partial charge in [-0.15, -0.1) is 11.3 Å². The maximum Gasteiger partial charge on any atom is 0.246 e. The second-order valence-electron chi connectivity index (χ2n) is 7.52. The molecule has 1 amide bonds. The number of carbonyl (C=O) groups is 1. The van der Waals surface area contributed by atoms with Crippen molar-refractivity contribution in [1.82, 2.24) is 19.7 Å². The molecule has 0 N–H and O–H groups in total. The largest absolute Gasteiger partial charge is 0.353 e. The summed E-state index contributed by atoms with van der Waals surface area (Å²) in [4.78, 5) is 22.5. The fourth-order valence-corrected chi connectivity index (χ4v) is 4.52. The Bertz CT molecular complexity index is 1190. The number of amides is 1. The molecule has 0 spiro atoms. The molecule has 1 aliphatic rings. The molecule has 0 radical (unpaired) electrons. The highest BCUT2D eigenvalue weighted by atomic mass is 32.1. The Morgan fingerprint density at radius 1 is 0.938 bits per heavy atom. The zero-order valence-corrected chi connectivity index (χ0v) is 18.4. The Morgan fingerprint density at radius 3 is 2.47 bits per heavy atom. The number of piperazine rings is 1. The lowest BCUT2D eigenvalue weighted by atomic mass is 10.2. The Morgan fingerprint density at radius 2 is 1.75 bits per heavy atom. The molecule has 5 rings (SSSR count). The second-order valence-corrected chi connectivity index (χ2v) is 8.47. The van der Waals surface area contributed by atoms with Gasteiger partial charge in [-0.1, -0.05) is 30.3 Å². The van der Waals surface area contributed by atoms with Gasteiger partial charge in [0.05, 0.1) is 10.6 Å². The fraction of sp³-hybridized carbons (Fsp3) is 0.160. The van der Waals surface area contributed by atoms with Crippen LogP contribution < -0.4 is 4.90 Å². The third kappa shape index (κ3) is 4.33. The smallest absolute Gasteiger partial charge is 0.246 e. The molecule has 0 bridgehead atoms. The lowest BCUT2D eigenvalue weighted by molar-refractivity contribution is -0.126.